The number of hydrogen-bond donors (Lipinski definition) is 2. The van der Waals surface area contributed by atoms with Crippen molar-refractivity contribution in [1.82, 2.24) is 10.4 Å². The molecule has 0 aromatic heterocycles. The van der Waals surface area contributed by atoms with Crippen LogP contribution in [0.1, 0.15) is 32.6 Å². The second-order valence-corrected chi connectivity index (χ2v) is 6.18. The van der Waals surface area contributed by atoms with Crippen molar-refractivity contribution in [3.63, 3.8) is 0 Å². The van der Waals surface area contributed by atoms with Crippen molar-refractivity contribution in [2.45, 2.75) is 38.6 Å². The number of nitrogens with one attached hydrogen (secondary N) is 1. The summed E-state index contributed by atoms with van der Waals surface area (Å²) in [6.07, 6.45) is 20.9. The van der Waals surface area contributed by atoms with Crippen LogP contribution in [0.2, 0.25) is 0 Å². The average Bonchev–Trinajstić information content (AvgIpc) is 3.25. The van der Waals surface area contributed by atoms with Crippen LogP contribution < -0.4 is 5.32 Å². The van der Waals surface area contributed by atoms with E-state index in [1.54, 1.807) is 0 Å². The van der Waals surface area contributed by atoms with Crippen LogP contribution in [0.5, 0.6) is 0 Å². The lowest BCUT2D eigenvalue weighted by Crippen LogP contribution is -2.45. The molecular weight excluding hydrogens is 288 g/mol. The van der Waals surface area contributed by atoms with E-state index in [9.17, 15) is 10.0 Å². The quantitative estimate of drug-likeness (QED) is 0.370. The van der Waals surface area contributed by atoms with Crippen molar-refractivity contribution >= 4 is 5.91 Å². The normalized spacial score (nSPS) is 17.0. The van der Waals surface area contributed by atoms with Gasteiger partial charge in [0.25, 0.3) is 5.91 Å². The first-order chi connectivity index (χ1) is 11.2. The van der Waals surface area contributed by atoms with E-state index in [1.807, 2.05) is 24.3 Å². The van der Waals surface area contributed by atoms with Crippen molar-refractivity contribution < 1.29 is 10.0 Å². The molecule has 4 nitrogen and oxygen atoms in total. The Morgan fingerprint density at radius 1 is 1.04 bits per heavy atom. The van der Waals surface area contributed by atoms with Crippen molar-refractivity contribution in [3.05, 3.63) is 48.6 Å². The van der Waals surface area contributed by atoms with Crippen molar-refractivity contribution in [2.75, 3.05) is 13.1 Å². The monoisotopic (exact) mass is 316 g/mol. The van der Waals surface area contributed by atoms with E-state index < -0.39 is 0 Å². The van der Waals surface area contributed by atoms with E-state index in [0.717, 1.165) is 30.7 Å². The first-order valence-electron chi connectivity index (χ1n) is 8.65. The maximum Gasteiger partial charge on any atom is 0.259 e. The van der Waals surface area contributed by atoms with E-state index >= 15 is 0 Å². The lowest BCUT2D eigenvalue weighted by atomic mass is 9.90. The van der Waals surface area contributed by atoms with Gasteiger partial charge in [-0.15, -0.1) is 0 Å². The van der Waals surface area contributed by atoms with E-state index in [0.29, 0.717) is 6.54 Å². The second-order valence-electron chi connectivity index (χ2n) is 6.18. The molecule has 2 aliphatic carbocycles. The highest BCUT2D eigenvalue weighted by atomic mass is 16.5. The molecule has 23 heavy (non-hydrogen) atoms. The Morgan fingerprint density at radius 3 is 2.13 bits per heavy atom. The molecule has 0 aromatic carbocycles. The van der Waals surface area contributed by atoms with Crippen LogP contribution in [0, 0.1) is 11.8 Å². The van der Waals surface area contributed by atoms with E-state index in [4.69, 9.17) is 0 Å². The zero-order valence-corrected chi connectivity index (χ0v) is 13.9. The minimum atomic E-state index is -0.261. The summed E-state index contributed by atoms with van der Waals surface area (Å²) in [5.41, 5.74) is 0. The van der Waals surface area contributed by atoms with Crippen LogP contribution in [-0.4, -0.2) is 35.3 Å². The first-order valence-corrected chi connectivity index (χ1v) is 8.65. The Balaban J connectivity index is 1.79. The van der Waals surface area contributed by atoms with Gasteiger partial charge in [0.15, 0.2) is 0 Å². The predicted molar refractivity (Wildman–Crippen MR) is 93.0 cm³/mol. The molecule has 0 bridgehead atoms. The summed E-state index contributed by atoms with van der Waals surface area (Å²) in [5.74, 6) is 0.289. The molecule has 2 aliphatic rings. The van der Waals surface area contributed by atoms with Gasteiger partial charge >= 0.3 is 0 Å². The number of hydroxylamine groups is 2. The Kier molecular flexibility index (Phi) is 7.30. The molecule has 2 N–H and O–H groups in total. The van der Waals surface area contributed by atoms with Crippen LogP contribution in [0.3, 0.4) is 0 Å². The fourth-order valence-corrected chi connectivity index (χ4v) is 3.02. The van der Waals surface area contributed by atoms with Crippen LogP contribution in [0.4, 0.5) is 0 Å². The summed E-state index contributed by atoms with van der Waals surface area (Å²) in [6.45, 7) is 2.71. The highest BCUT2D eigenvalue weighted by molar-refractivity contribution is 5.77. The number of rotatable bonds is 10. The molecular formula is C19H28N2O2. The fourth-order valence-electron chi connectivity index (χ4n) is 3.02. The largest absolute Gasteiger partial charge is 0.304 e. The number of carbonyl (C=O) groups is 1. The zero-order chi connectivity index (χ0) is 16.5. The lowest BCUT2D eigenvalue weighted by molar-refractivity contribution is -0.164. The molecule has 0 heterocycles. The summed E-state index contributed by atoms with van der Waals surface area (Å²) in [5, 5.41) is 14.0. The Morgan fingerprint density at radius 2 is 1.61 bits per heavy atom. The minimum absolute atomic E-state index is 0.137. The van der Waals surface area contributed by atoms with Crippen molar-refractivity contribution in [1.29, 1.82) is 0 Å². The highest BCUT2D eigenvalue weighted by Gasteiger charge is 2.26. The molecule has 0 saturated carbocycles. The summed E-state index contributed by atoms with van der Waals surface area (Å²) < 4.78 is 0. The summed E-state index contributed by atoms with van der Waals surface area (Å²) in [6, 6.07) is 0.137. The maximum absolute atomic E-state index is 12.1. The Labute approximate surface area is 139 Å². The summed E-state index contributed by atoms with van der Waals surface area (Å²) >= 11 is 0. The van der Waals surface area contributed by atoms with Crippen LogP contribution in [-0.2, 0) is 4.79 Å². The van der Waals surface area contributed by atoms with E-state index in [-0.39, 0.29) is 30.3 Å². The molecule has 2 rings (SSSR count). The molecule has 0 atom stereocenters. The van der Waals surface area contributed by atoms with Crippen LogP contribution in [0.15, 0.2) is 48.6 Å². The van der Waals surface area contributed by atoms with Gasteiger partial charge in [0, 0.05) is 24.4 Å². The highest BCUT2D eigenvalue weighted by Crippen LogP contribution is 2.24. The Bertz CT molecular complexity index is 442. The van der Waals surface area contributed by atoms with Gasteiger partial charge in [-0.25, -0.2) is 5.06 Å². The minimum Gasteiger partial charge on any atom is -0.304 e. The third kappa shape index (κ3) is 5.48. The third-order valence-electron chi connectivity index (χ3n) is 4.39. The number of nitrogens with zero attached hydrogens (tertiary/aromatic N) is 1. The SMILES string of the molecule is CCCCCCN(O)C(=O)CNC(C1C=CC=C1)C1C=CC=C1. The van der Waals surface area contributed by atoms with Gasteiger partial charge in [-0.05, 0) is 6.42 Å². The molecule has 0 aliphatic heterocycles. The third-order valence-corrected chi connectivity index (χ3v) is 4.39. The second kappa shape index (κ2) is 9.48. The first kappa shape index (κ1) is 17.7. The van der Waals surface area contributed by atoms with Gasteiger partial charge in [-0.2, -0.15) is 0 Å². The molecule has 4 heteroatoms. The van der Waals surface area contributed by atoms with Crippen LogP contribution in [0.25, 0.3) is 0 Å². The van der Waals surface area contributed by atoms with Crippen molar-refractivity contribution in [3.8, 4) is 0 Å². The maximum atomic E-state index is 12.1. The summed E-state index contributed by atoms with van der Waals surface area (Å²) in [4.78, 5) is 12.1. The molecule has 0 fully saturated rings. The van der Waals surface area contributed by atoms with E-state index in [1.165, 1.54) is 0 Å². The number of unbranched alkanes of at least 4 members (excludes halogenated alkanes) is 3. The standard InChI is InChI=1S/C19H28N2O2/c1-2-3-4-9-14-21(23)18(22)15-20-19(16-10-5-6-11-16)17-12-7-8-13-17/h5-8,10-13,16-17,19-20,23H,2-4,9,14-15H2,1H3. The van der Waals surface area contributed by atoms with E-state index in [2.05, 4.69) is 36.5 Å². The number of carbonyl (C=O) groups excluding carboxylic acids is 1. The van der Waals surface area contributed by atoms with Gasteiger partial charge in [-0.1, -0.05) is 74.8 Å². The Hall–Kier alpha value is -1.65. The predicted octanol–water partition coefficient (Wildman–Crippen LogP) is 3.23. The molecule has 0 aromatic rings. The molecule has 126 valence electrons. The topological polar surface area (TPSA) is 52.6 Å². The van der Waals surface area contributed by atoms with Gasteiger partial charge < -0.3 is 5.32 Å². The summed E-state index contributed by atoms with van der Waals surface area (Å²) in [7, 11) is 0. The molecule has 0 unspecified atom stereocenters. The number of allylic oxidation sites excluding steroid dienone is 4. The lowest BCUT2D eigenvalue weighted by Gasteiger charge is -2.27. The average molecular weight is 316 g/mol. The number of hydrogen-bond acceptors (Lipinski definition) is 3. The van der Waals surface area contributed by atoms with Crippen LogP contribution >= 0.6 is 0 Å². The fraction of sp³-hybridized carbons (Fsp3) is 0.526. The molecule has 0 radical (unpaired) electrons. The molecule has 1 amide bonds. The van der Waals surface area contributed by atoms with Gasteiger partial charge in [0.2, 0.25) is 0 Å². The molecule has 0 saturated heterocycles. The van der Waals surface area contributed by atoms with Gasteiger partial charge in [-0.3, -0.25) is 10.0 Å². The van der Waals surface area contributed by atoms with Gasteiger partial charge in [0.1, 0.15) is 0 Å². The van der Waals surface area contributed by atoms with Gasteiger partial charge in [0.05, 0.1) is 6.54 Å². The molecule has 0 spiro atoms. The number of amides is 1. The zero-order valence-electron chi connectivity index (χ0n) is 13.9. The van der Waals surface area contributed by atoms with Crippen molar-refractivity contribution in [2.24, 2.45) is 11.8 Å². The smallest absolute Gasteiger partial charge is 0.259 e.